The maximum atomic E-state index is 13.0. The molecule has 1 aliphatic heterocycles. The first-order valence-electron chi connectivity index (χ1n) is 5.52. The fourth-order valence-corrected chi connectivity index (χ4v) is 2.00. The van der Waals surface area contributed by atoms with Crippen molar-refractivity contribution in [3.63, 3.8) is 0 Å². The predicted molar refractivity (Wildman–Crippen MR) is 56.5 cm³/mol. The molecule has 0 aliphatic carbocycles. The summed E-state index contributed by atoms with van der Waals surface area (Å²) in [4.78, 5) is 11.8. The van der Waals surface area contributed by atoms with Crippen molar-refractivity contribution in [1.29, 1.82) is 0 Å². The topological polar surface area (TPSA) is 54.3 Å². The molecule has 0 radical (unpaired) electrons. The van der Waals surface area contributed by atoms with Gasteiger partial charge < -0.3 is 15.1 Å². The molecule has 7 heteroatoms. The van der Waals surface area contributed by atoms with E-state index in [2.05, 4.69) is 10.6 Å². The lowest BCUT2D eigenvalue weighted by atomic mass is 9.85. The molecule has 18 heavy (non-hydrogen) atoms. The van der Waals surface area contributed by atoms with Gasteiger partial charge in [-0.05, 0) is 19.0 Å². The van der Waals surface area contributed by atoms with Gasteiger partial charge in [0.25, 0.3) is 0 Å². The zero-order valence-corrected chi connectivity index (χ0v) is 9.51. The van der Waals surface area contributed by atoms with Gasteiger partial charge in [-0.3, -0.25) is 4.79 Å². The standard InChI is InChI=1S/C11H13F3N2O2/c12-11(13,14)10(2-3-15-7-10)9(17)16-5-8-1-4-18-6-8/h1,4,6,15H,2-3,5,7H2,(H,16,17). The number of nitrogens with one attached hydrogen (secondary N) is 2. The van der Waals surface area contributed by atoms with Crippen LogP contribution >= 0.6 is 0 Å². The van der Waals surface area contributed by atoms with Crippen LogP contribution in [-0.2, 0) is 11.3 Å². The molecular weight excluding hydrogens is 249 g/mol. The van der Waals surface area contributed by atoms with Crippen molar-refractivity contribution < 1.29 is 22.4 Å². The molecule has 0 aromatic carbocycles. The van der Waals surface area contributed by atoms with Gasteiger partial charge in [0.15, 0.2) is 5.41 Å². The summed E-state index contributed by atoms with van der Waals surface area (Å²) in [5.41, 5.74) is -1.68. The van der Waals surface area contributed by atoms with E-state index in [1.165, 1.54) is 12.5 Å². The zero-order valence-electron chi connectivity index (χ0n) is 9.51. The summed E-state index contributed by atoms with van der Waals surface area (Å²) in [7, 11) is 0. The highest BCUT2D eigenvalue weighted by atomic mass is 19.4. The molecule has 100 valence electrons. The van der Waals surface area contributed by atoms with Gasteiger partial charge in [-0.1, -0.05) is 0 Å². The van der Waals surface area contributed by atoms with E-state index in [0.29, 0.717) is 5.56 Å². The zero-order chi connectivity index (χ0) is 13.2. The smallest absolute Gasteiger partial charge is 0.404 e. The third kappa shape index (κ3) is 2.22. The minimum absolute atomic E-state index is 0.0349. The van der Waals surface area contributed by atoms with Gasteiger partial charge in [0.2, 0.25) is 5.91 Å². The number of amides is 1. The minimum atomic E-state index is -4.54. The van der Waals surface area contributed by atoms with E-state index in [-0.39, 0.29) is 26.1 Å². The summed E-state index contributed by atoms with van der Waals surface area (Å²) < 4.78 is 43.8. The van der Waals surface area contributed by atoms with Crippen LogP contribution in [0.25, 0.3) is 0 Å². The first kappa shape index (κ1) is 12.9. The highest BCUT2D eigenvalue weighted by Crippen LogP contribution is 2.43. The van der Waals surface area contributed by atoms with Gasteiger partial charge in [0, 0.05) is 18.7 Å². The predicted octanol–water partition coefficient (Wildman–Crippen LogP) is 1.44. The molecule has 0 bridgehead atoms. The molecule has 1 unspecified atom stereocenters. The molecule has 2 rings (SSSR count). The Morgan fingerprint density at radius 2 is 2.33 bits per heavy atom. The van der Waals surface area contributed by atoms with E-state index in [4.69, 9.17) is 4.42 Å². The Hall–Kier alpha value is -1.50. The summed E-state index contributed by atoms with van der Waals surface area (Å²) in [6.45, 7) is -0.139. The Balaban J connectivity index is 2.05. The molecule has 1 fully saturated rings. The van der Waals surface area contributed by atoms with Crippen molar-refractivity contribution in [3.05, 3.63) is 24.2 Å². The number of furan rings is 1. The number of carbonyl (C=O) groups excluding carboxylic acids is 1. The van der Waals surface area contributed by atoms with Gasteiger partial charge in [-0.15, -0.1) is 0 Å². The average Bonchev–Trinajstić information content (AvgIpc) is 2.96. The van der Waals surface area contributed by atoms with E-state index in [1.807, 2.05) is 0 Å². The van der Waals surface area contributed by atoms with Gasteiger partial charge in [-0.25, -0.2) is 0 Å². The monoisotopic (exact) mass is 262 g/mol. The molecule has 0 spiro atoms. The van der Waals surface area contributed by atoms with Crippen molar-refractivity contribution >= 4 is 5.91 Å². The summed E-state index contributed by atoms with van der Waals surface area (Å²) in [5.74, 6) is -0.985. The summed E-state index contributed by atoms with van der Waals surface area (Å²) in [6, 6.07) is 1.59. The molecule has 1 amide bonds. The third-order valence-electron chi connectivity index (χ3n) is 3.17. The Bertz CT molecular complexity index is 408. The summed E-state index contributed by atoms with van der Waals surface area (Å²) in [5, 5.41) is 4.91. The van der Waals surface area contributed by atoms with E-state index in [1.54, 1.807) is 6.07 Å². The van der Waals surface area contributed by atoms with Gasteiger partial charge in [0.05, 0.1) is 12.5 Å². The molecular formula is C11H13F3N2O2. The van der Waals surface area contributed by atoms with Gasteiger partial charge in [0.1, 0.15) is 0 Å². The fourth-order valence-electron chi connectivity index (χ4n) is 2.00. The minimum Gasteiger partial charge on any atom is -0.472 e. The van der Waals surface area contributed by atoms with Crippen LogP contribution in [0.1, 0.15) is 12.0 Å². The Morgan fingerprint density at radius 1 is 1.56 bits per heavy atom. The summed E-state index contributed by atoms with van der Waals surface area (Å²) >= 11 is 0. The van der Waals surface area contributed by atoms with Crippen LogP contribution < -0.4 is 10.6 Å². The molecule has 1 aromatic heterocycles. The van der Waals surface area contributed by atoms with Crippen LogP contribution in [0, 0.1) is 5.41 Å². The third-order valence-corrected chi connectivity index (χ3v) is 3.17. The van der Waals surface area contributed by atoms with E-state index >= 15 is 0 Å². The Kier molecular flexibility index (Phi) is 3.34. The molecule has 0 saturated carbocycles. The Morgan fingerprint density at radius 3 is 2.83 bits per heavy atom. The highest BCUT2D eigenvalue weighted by molar-refractivity contribution is 5.84. The molecule has 1 aliphatic rings. The van der Waals surface area contributed by atoms with Crippen molar-refractivity contribution in [2.24, 2.45) is 5.41 Å². The van der Waals surface area contributed by atoms with Crippen LogP contribution in [0.4, 0.5) is 13.2 Å². The number of hydrogen-bond acceptors (Lipinski definition) is 3. The molecule has 2 heterocycles. The van der Waals surface area contributed by atoms with Crippen LogP contribution in [0.2, 0.25) is 0 Å². The molecule has 1 saturated heterocycles. The van der Waals surface area contributed by atoms with E-state index < -0.39 is 17.5 Å². The SMILES string of the molecule is O=C(NCc1ccoc1)C1(C(F)(F)F)CCNC1. The lowest BCUT2D eigenvalue weighted by Crippen LogP contribution is -2.51. The maximum Gasteiger partial charge on any atom is 0.404 e. The van der Waals surface area contributed by atoms with Gasteiger partial charge in [-0.2, -0.15) is 13.2 Å². The van der Waals surface area contributed by atoms with Crippen LogP contribution in [0.15, 0.2) is 23.0 Å². The van der Waals surface area contributed by atoms with Crippen molar-refractivity contribution in [3.8, 4) is 0 Å². The Labute approximate surface area is 102 Å². The van der Waals surface area contributed by atoms with Gasteiger partial charge >= 0.3 is 6.18 Å². The number of hydrogen-bond donors (Lipinski definition) is 2. The van der Waals surface area contributed by atoms with E-state index in [0.717, 1.165) is 0 Å². The normalized spacial score (nSPS) is 24.2. The summed E-state index contributed by atoms with van der Waals surface area (Å²) in [6.07, 6.45) is -1.99. The van der Waals surface area contributed by atoms with Crippen LogP contribution in [0.3, 0.4) is 0 Å². The highest BCUT2D eigenvalue weighted by Gasteiger charge is 2.61. The first-order valence-corrected chi connectivity index (χ1v) is 5.52. The molecule has 1 atom stereocenters. The second-order valence-electron chi connectivity index (χ2n) is 4.32. The number of rotatable bonds is 3. The second kappa shape index (κ2) is 4.64. The lowest BCUT2D eigenvalue weighted by Gasteiger charge is -2.29. The molecule has 1 aromatic rings. The average molecular weight is 262 g/mol. The van der Waals surface area contributed by atoms with Crippen LogP contribution in [0.5, 0.6) is 0 Å². The van der Waals surface area contributed by atoms with Crippen LogP contribution in [-0.4, -0.2) is 25.2 Å². The largest absolute Gasteiger partial charge is 0.472 e. The van der Waals surface area contributed by atoms with Crippen molar-refractivity contribution in [2.45, 2.75) is 19.1 Å². The number of halogens is 3. The fraction of sp³-hybridized carbons (Fsp3) is 0.545. The number of alkyl halides is 3. The molecule has 2 N–H and O–H groups in total. The maximum absolute atomic E-state index is 13.0. The van der Waals surface area contributed by atoms with Crippen molar-refractivity contribution in [1.82, 2.24) is 10.6 Å². The quantitative estimate of drug-likeness (QED) is 0.866. The molecule has 4 nitrogen and oxygen atoms in total. The van der Waals surface area contributed by atoms with E-state index in [9.17, 15) is 18.0 Å². The number of carbonyl (C=O) groups is 1. The van der Waals surface area contributed by atoms with Crippen molar-refractivity contribution in [2.75, 3.05) is 13.1 Å². The first-order chi connectivity index (χ1) is 8.46. The second-order valence-corrected chi connectivity index (χ2v) is 4.32. The lowest BCUT2D eigenvalue weighted by molar-refractivity contribution is -0.216.